The van der Waals surface area contributed by atoms with Crippen LogP contribution in [0.2, 0.25) is 0 Å². The van der Waals surface area contributed by atoms with Gasteiger partial charge in [-0.2, -0.15) is 0 Å². The van der Waals surface area contributed by atoms with Crippen molar-refractivity contribution in [1.29, 1.82) is 0 Å². The van der Waals surface area contributed by atoms with E-state index in [0.29, 0.717) is 5.56 Å². The third kappa shape index (κ3) is 4.93. The number of hydrogen-bond donors (Lipinski definition) is 3. The largest absolute Gasteiger partial charge is 0.508 e. The first-order valence-corrected chi connectivity index (χ1v) is 7.05. The molecule has 3 N–H and O–H groups in total. The van der Waals surface area contributed by atoms with Crippen molar-refractivity contribution in [3.63, 3.8) is 0 Å². The molecule has 2 aromatic carbocycles. The Morgan fingerprint density at radius 2 is 1.72 bits per heavy atom. The zero-order valence-corrected chi connectivity index (χ0v) is 12.8. The number of aromatic hydroxyl groups is 1. The molecule has 0 aliphatic rings. The summed E-state index contributed by atoms with van der Waals surface area (Å²) in [5.74, 6) is -1.33. The van der Waals surface area contributed by atoms with E-state index in [2.05, 4.69) is 5.32 Å². The number of benzene rings is 2. The van der Waals surface area contributed by atoms with Crippen molar-refractivity contribution in [1.82, 2.24) is 5.32 Å². The van der Waals surface area contributed by atoms with Gasteiger partial charge in [0.25, 0.3) is 5.69 Å². The minimum atomic E-state index is -1.34. The number of rotatable bonds is 6. The van der Waals surface area contributed by atoms with Crippen LogP contribution in [0.25, 0.3) is 0 Å². The predicted molar refractivity (Wildman–Crippen MR) is 84.9 cm³/mol. The van der Waals surface area contributed by atoms with Crippen molar-refractivity contribution in [2.45, 2.75) is 12.6 Å². The van der Waals surface area contributed by atoms with Crippen LogP contribution in [0.1, 0.15) is 17.2 Å². The van der Waals surface area contributed by atoms with Crippen LogP contribution in [0, 0.1) is 10.1 Å². The second-order valence-electron chi connectivity index (χ2n) is 5.01. The van der Waals surface area contributed by atoms with Crippen LogP contribution < -0.4 is 5.32 Å². The Morgan fingerprint density at radius 1 is 1.12 bits per heavy atom. The van der Waals surface area contributed by atoms with Crippen LogP contribution >= 0.6 is 0 Å². The predicted octanol–water partition coefficient (Wildman–Crippen LogP) is 2.35. The van der Waals surface area contributed by atoms with E-state index in [1.165, 1.54) is 48.5 Å². The van der Waals surface area contributed by atoms with Crippen LogP contribution in [0.5, 0.6) is 5.75 Å². The third-order valence-electron chi connectivity index (χ3n) is 3.25. The van der Waals surface area contributed by atoms with Gasteiger partial charge in [-0.05, 0) is 35.4 Å². The molecule has 0 saturated carbocycles. The van der Waals surface area contributed by atoms with E-state index in [9.17, 15) is 29.9 Å². The van der Waals surface area contributed by atoms with Crippen molar-refractivity contribution in [3.05, 3.63) is 69.8 Å². The van der Waals surface area contributed by atoms with Crippen molar-refractivity contribution in [2.75, 3.05) is 0 Å². The summed E-state index contributed by atoms with van der Waals surface area (Å²) in [6, 6.07) is 9.39. The zero-order valence-electron chi connectivity index (χ0n) is 12.8. The summed E-state index contributed by atoms with van der Waals surface area (Å²) in [6.45, 7) is -0.175. The number of nitrogens with one attached hydrogen (secondary N) is 1. The number of carbonyl (C=O) groups is 2. The van der Waals surface area contributed by atoms with Crippen LogP contribution in [0.3, 0.4) is 0 Å². The quantitative estimate of drug-likeness (QED) is 0.539. The molecule has 1 unspecified atom stereocenters. The highest BCUT2D eigenvalue weighted by Crippen LogP contribution is 2.18. The summed E-state index contributed by atoms with van der Waals surface area (Å²) in [4.78, 5) is 33.1. The molecule has 0 heterocycles. The van der Waals surface area contributed by atoms with Crippen LogP contribution in [-0.2, 0) is 16.1 Å². The van der Waals surface area contributed by atoms with Crippen molar-refractivity contribution < 1.29 is 29.5 Å². The van der Waals surface area contributed by atoms with E-state index in [1.807, 2.05) is 0 Å². The number of carboxylic acids is 1. The van der Waals surface area contributed by atoms with Gasteiger partial charge >= 0.3 is 12.1 Å². The first kappa shape index (κ1) is 17.7. The van der Waals surface area contributed by atoms with Crippen molar-refractivity contribution in [2.24, 2.45) is 0 Å². The van der Waals surface area contributed by atoms with Crippen molar-refractivity contribution >= 4 is 17.7 Å². The first-order chi connectivity index (χ1) is 11.9. The van der Waals surface area contributed by atoms with Crippen molar-refractivity contribution in [3.8, 4) is 5.75 Å². The molecule has 0 radical (unpaired) electrons. The number of alkyl carbamates (subject to hydrolysis) is 1. The highest BCUT2D eigenvalue weighted by Gasteiger charge is 2.22. The number of carboxylic acid groups (broad SMARTS) is 1. The first-order valence-electron chi connectivity index (χ1n) is 7.05. The molecule has 0 aliphatic heterocycles. The maximum absolute atomic E-state index is 11.8. The highest BCUT2D eigenvalue weighted by atomic mass is 16.6. The van der Waals surface area contributed by atoms with Crippen LogP contribution in [-0.4, -0.2) is 27.2 Å². The minimum Gasteiger partial charge on any atom is -0.508 e. The molecule has 9 heteroatoms. The van der Waals surface area contributed by atoms with E-state index in [-0.39, 0.29) is 23.6 Å². The Labute approximate surface area is 141 Å². The van der Waals surface area contributed by atoms with Crippen LogP contribution in [0.4, 0.5) is 10.5 Å². The third-order valence-corrected chi connectivity index (χ3v) is 3.25. The average molecular weight is 346 g/mol. The lowest BCUT2D eigenvalue weighted by atomic mass is 10.1. The monoisotopic (exact) mass is 346 g/mol. The number of nitrogens with zero attached hydrogens (tertiary/aromatic N) is 1. The molecule has 1 amide bonds. The Morgan fingerprint density at radius 3 is 2.24 bits per heavy atom. The number of phenolic OH excluding ortho intramolecular Hbond substituents is 1. The van der Waals surface area contributed by atoms with Gasteiger partial charge in [-0.15, -0.1) is 0 Å². The summed E-state index contributed by atoms with van der Waals surface area (Å²) >= 11 is 0. The fourth-order valence-electron chi connectivity index (χ4n) is 1.98. The van der Waals surface area contributed by atoms with E-state index in [1.54, 1.807) is 0 Å². The number of nitro groups is 1. The minimum absolute atomic E-state index is 0.0337. The fourth-order valence-corrected chi connectivity index (χ4v) is 1.98. The average Bonchev–Trinajstić information content (AvgIpc) is 2.59. The molecule has 2 rings (SSSR count). The number of ether oxygens (including phenoxy) is 1. The van der Waals surface area contributed by atoms with E-state index in [4.69, 9.17) is 4.74 Å². The Bertz CT molecular complexity index is 772. The topological polar surface area (TPSA) is 139 Å². The molecule has 130 valence electrons. The summed E-state index contributed by atoms with van der Waals surface area (Å²) in [5.41, 5.74) is 0.682. The molecule has 0 saturated heterocycles. The summed E-state index contributed by atoms with van der Waals surface area (Å²) in [5, 5.41) is 31.2. The van der Waals surface area contributed by atoms with Gasteiger partial charge in [0.15, 0.2) is 6.04 Å². The lowest BCUT2D eigenvalue weighted by Gasteiger charge is -2.15. The number of carbonyl (C=O) groups excluding carboxylic acids is 1. The summed E-state index contributed by atoms with van der Waals surface area (Å²) in [7, 11) is 0. The van der Waals surface area contributed by atoms with Crippen LogP contribution in [0.15, 0.2) is 48.5 Å². The summed E-state index contributed by atoms with van der Waals surface area (Å²) < 4.78 is 4.92. The Hall–Kier alpha value is -3.62. The standard InChI is InChI=1S/C16H14N2O7/c19-13-7-3-11(4-8-13)14(15(20)21)17-16(22)25-9-10-1-5-12(6-2-10)18(23)24/h1-8,14,19H,9H2,(H,17,22)(H,20,21). The number of aliphatic carboxylic acids is 1. The van der Waals surface area contributed by atoms with Gasteiger partial charge in [-0.3, -0.25) is 10.1 Å². The number of hydrogen-bond acceptors (Lipinski definition) is 6. The molecule has 0 fully saturated rings. The van der Waals surface area contributed by atoms with Gasteiger partial charge in [0.05, 0.1) is 4.92 Å². The highest BCUT2D eigenvalue weighted by molar-refractivity contribution is 5.81. The molecule has 0 aromatic heterocycles. The van der Waals surface area contributed by atoms with Gasteiger partial charge < -0.3 is 20.3 Å². The molecule has 1 atom stereocenters. The molecule has 0 bridgehead atoms. The van der Waals surface area contributed by atoms with Gasteiger partial charge in [-0.25, -0.2) is 9.59 Å². The molecule has 9 nitrogen and oxygen atoms in total. The van der Waals surface area contributed by atoms with Gasteiger partial charge in [0, 0.05) is 12.1 Å². The second-order valence-corrected chi connectivity index (χ2v) is 5.01. The maximum Gasteiger partial charge on any atom is 0.408 e. The number of amides is 1. The van der Waals surface area contributed by atoms with E-state index < -0.39 is 23.0 Å². The molecule has 0 aliphatic carbocycles. The Kier molecular flexibility index (Phi) is 5.51. The lowest BCUT2D eigenvalue weighted by molar-refractivity contribution is -0.384. The SMILES string of the molecule is O=C(NC(C(=O)O)c1ccc(O)cc1)OCc1ccc([N+](=O)[O-])cc1. The number of nitro benzene ring substituents is 1. The number of phenols is 1. The lowest BCUT2D eigenvalue weighted by Crippen LogP contribution is -2.34. The van der Waals surface area contributed by atoms with Gasteiger partial charge in [0.2, 0.25) is 0 Å². The van der Waals surface area contributed by atoms with Gasteiger partial charge in [0.1, 0.15) is 12.4 Å². The Balaban J connectivity index is 1.96. The normalized spacial score (nSPS) is 11.4. The summed E-state index contributed by atoms with van der Waals surface area (Å²) in [6.07, 6.45) is -0.959. The number of non-ortho nitro benzene ring substituents is 1. The van der Waals surface area contributed by atoms with E-state index in [0.717, 1.165) is 0 Å². The zero-order chi connectivity index (χ0) is 18.4. The van der Waals surface area contributed by atoms with E-state index >= 15 is 0 Å². The van der Waals surface area contributed by atoms with Gasteiger partial charge in [-0.1, -0.05) is 12.1 Å². The second kappa shape index (κ2) is 7.77. The molecular formula is C16H14N2O7. The molecular weight excluding hydrogens is 332 g/mol. The molecule has 0 spiro atoms. The maximum atomic E-state index is 11.8. The fraction of sp³-hybridized carbons (Fsp3) is 0.125. The molecule has 25 heavy (non-hydrogen) atoms. The molecule has 2 aromatic rings. The smallest absolute Gasteiger partial charge is 0.408 e.